The van der Waals surface area contributed by atoms with Gasteiger partial charge in [0.1, 0.15) is 0 Å². The van der Waals surface area contributed by atoms with E-state index in [1.165, 1.54) is 0 Å². The summed E-state index contributed by atoms with van der Waals surface area (Å²) < 4.78 is 131. The molecule has 0 fully saturated rings. The van der Waals surface area contributed by atoms with Gasteiger partial charge in [-0.1, -0.05) is 0 Å². The van der Waals surface area contributed by atoms with Crippen molar-refractivity contribution in [1.29, 1.82) is 0 Å². The van der Waals surface area contributed by atoms with Gasteiger partial charge in [0.2, 0.25) is 41.6 Å². The number of rotatable bonds is 0. The van der Waals surface area contributed by atoms with Gasteiger partial charge in [-0.3, -0.25) is 18.2 Å². The summed E-state index contributed by atoms with van der Waals surface area (Å²) in [5.41, 5.74) is 0. The Labute approximate surface area is 165 Å². The van der Waals surface area contributed by atoms with E-state index >= 15 is 0 Å². The largest absolute Gasteiger partial charge is 2.00 e. The average molecular weight is 484 g/mol. The van der Waals surface area contributed by atoms with Crippen molar-refractivity contribution in [2.24, 2.45) is 0 Å². The van der Waals surface area contributed by atoms with Gasteiger partial charge in [0, 0.05) is 0 Å². The fourth-order valence-electron chi connectivity index (χ4n) is 0. The Hall–Kier alpha value is 1.26. The van der Waals surface area contributed by atoms with Crippen molar-refractivity contribution in [3.05, 3.63) is 0 Å². The first-order chi connectivity index (χ1) is 8.00. The van der Waals surface area contributed by atoms with Crippen molar-refractivity contribution in [2.45, 2.75) is 0 Å². The molecule has 0 aromatic heterocycles. The second-order valence-electron chi connectivity index (χ2n) is 1.71. The van der Waals surface area contributed by atoms with Crippen molar-refractivity contribution in [3.63, 3.8) is 0 Å². The van der Waals surface area contributed by atoms with E-state index in [2.05, 4.69) is 0 Å². The Morgan fingerprint density at radius 1 is 0.455 bits per heavy atom. The zero-order valence-electron chi connectivity index (χ0n) is 9.38. The van der Waals surface area contributed by atoms with Gasteiger partial charge in [0.25, 0.3) is 0 Å². The Balaban J connectivity index is -0.0000000376. The normalized spacial score (nSPS) is 10.5. The van der Waals surface area contributed by atoms with Gasteiger partial charge >= 0.3 is 54.8 Å². The predicted octanol–water partition coefficient (Wildman–Crippen LogP) is -4.36. The minimum atomic E-state index is -4.92. The molecule has 0 aliphatic rings. The molecule has 0 aliphatic carbocycles. The monoisotopic (exact) mass is 484 g/mol. The third kappa shape index (κ3) is 5500. The SMILES string of the molecule is O=S(=O)([O-])O.O=S(=O)([O-])O.O=S(=O)([O-])O.O=S(=O)([O-])O.[Ca+2].[Fe+2]. The minimum absolute atomic E-state index is 0. The van der Waals surface area contributed by atoms with Crippen LogP contribution in [-0.2, 0) is 58.7 Å². The van der Waals surface area contributed by atoms with Gasteiger partial charge < -0.3 is 18.2 Å². The van der Waals surface area contributed by atoms with Crippen LogP contribution in [0.3, 0.4) is 0 Å². The second kappa shape index (κ2) is 15.8. The van der Waals surface area contributed by atoms with E-state index in [0.29, 0.717) is 0 Å². The van der Waals surface area contributed by atoms with Gasteiger partial charge in [-0.05, 0) is 0 Å². The van der Waals surface area contributed by atoms with Crippen LogP contribution in [0.4, 0.5) is 0 Å². The quantitative estimate of drug-likeness (QED) is 0.143. The van der Waals surface area contributed by atoms with Crippen molar-refractivity contribution in [1.82, 2.24) is 0 Å². The van der Waals surface area contributed by atoms with Crippen molar-refractivity contribution in [3.8, 4) is 0 Å². The van der Waals surface area contributed by atoms with Crippen LogP contribution in [-0.4, -0.2) is 108 Å². The van der Waals surface area contributed by atoms with E-state index in [4.69, 9.17) is 70.1 Å². The van der Waals surface area contributed by atoms with Crippen LogP contribution in [0.15, 0.2) is 0 Å². The summed E-state index contributed by atoms with van der Waals surface area (Å²) in [5.74, 6) is 0. The fourth-order valence-corrected chi connectivity index (χ4v) is 0. The summed E-state index contributed by atoms with van der Waals surface area (Å²) in [6, 6.07) is 0. The molecule has 4 N–H and O–H groups in total. The van der Waals surface area contributed by atoms with Crippen LogP contribution in [0, 0.1) is 0 Å². The van der Waals surface area contributed by atoms with Crippen LogP contribution in [0.25, 0.3) is 0 Å². The average Bonchev–Trinajstić information content (AvgIpc) is 1.62. The molecule has 0 saturated heterocycles. The maximum absolute atomic E-state index is 8.63. The van der Waals surface area contributed by atoms with E-state index in [1.807, 2.05) is 0 Å². The predicted molar refractivity (Wildman–Crippen MR) is 55.1 cm³/mol. The zero-order chi connectivity index (χ0) is 18.0. The summed E-state index contributed by atoms with van der Waals surface area (Å²) in [6.07, 6.45) is 0. The molecule has 0 unspecified atom stereocenters. The van der Waals surface area contributed by atoms with Crippen LogP contribution in [0.1, 0.15) is 0 Å². The Bertz CT molecular complexity index is 479. The number of hydrogen-bond donors (Lipinski definition) is 4. The maximum atomic E-state index is 8.63. The molecule has 22 heavy (non-hydrogen) atoms. The molecule has 0 heterocycles. The molecule has 0 atom stereocenters. The smallest absolute Gasteiger partial charge is 0.726 e. The first-order valence-corrected chi connectivity index (χ1v) is 8.19. The second-order valence-corrected chi connectivity index (χ2v) is 5.13. The molecule has 134 valence electrons. The van der Waals surface area contributed by atoms with Crippen LogP contribution in [0.2, 0.25) is 0 Å². The molecule has 0 aromatic carbocycles. The van der Waals surface area contributed by atoms with E-state index in [1.54, 1.807) is 0 Å². The van der Waals surface area contributed by atoms with E-state index < -0.39 is 41.6 Å². The summed E-state index contributed by atoms with van der Waals surface area (Å²) in [4.78, 5) is 0. The molecule has 0 aromatic rings. The van der Waals surface area contributed by atoms with Crippen LogP contribution < -0.4 is 0 Å². The maximum Gasteiger partial charge on any atom is 2.00 e. The van der Waals surface area contributed by atoms with E-state index in [-0.39, 0.29) is 54.8 Å². The first-order valence-electron chi connectivity index (χ1n) is 2.73. The van der Waals surface area contributed by atoms with E-state index in [0.717, 1.165) is 0 Å². The van der Waals surface area contributed by atoms with Crippen LogP contribution >= 0.6 is 0 Å². The third-order valence-electron chi connectivity index (χ3n) is 0. The topological polar surface area (TPSA) is 310 Å². The van der Waals surface area contributed by atoms with Crippen molar-refractivity contribution < 1.29 is 87.2 Å². The summed E-state index contributed by atoms with van der Waals surface area (Å²) in [6.45, 7) is 0. The first kappa shape index (κ1) is 38.7. The summed E-state index contributed by atoms with van der Waals surface area (Å²) in [5, 5.41) is 0. The molecule has 0 amide bonds. The molecule has 0 aliphatic heterocycles. The molecule has 0 rings (SSSR count). The third-order valence-corrected chi connectivity index (χ3v) is 0. The van der Waals surface area contributed by atoms with Gasteiger partial charge in [-0.15, -0.1) is 0 Å². The zero-order valence-corrected chi connectivity index (χ0v) is 16.0. The Morgan fingerprint density at radius 3 is 0.455 bits per heavy atom. The molecular weight excluding hydrogens is 480 g/mol. The molecule has 0 saturated carbocycles. The van der Waals surface area contributed by atoms with Gasteiger partial charge in [-0.2, -0.15) is 0 Å². The van der Waals surface area contributed by atoms with Crippen LogP contribution in [0.5, 0.6) is 0 Å². The van der Waals surface area contributed by atoms with E-state index in [9.17, 15) is 0 Å². The molecule has 0 bridgehead atoms. The molecule has 0 spiro atoms. The van der Waals surface area contributed by atoms with Gasteiger partial charge in [0.15, 0.2) is 0 Å². The summed E-state index contributed by atoms with van der Waals surface area (Å²) in [7, 11) is -19.7. The minimum Gasteiger partial charge on any atom is -0.726 e. The van der Waals surface area contributed by atoms with Crippen molar-refractivity contribution in [2.75, 3.05) is 0 Å². The standard InChI is InChI=1S/Ca.Fe.4H2O4S/c;;4*1-5(2,3)4/h;;4*(H2,1,2,3,4)/q2*+2;;;;/p-4. The summed E-state index contributed by atoms with van der Waals surface area (Å²) >= 11 is 0. The fraction of sp³-hybridized carbons (Fsp3) is 0. The van der Waals surface area contributed by atoms with Gasteiger partial charge in [-0.25, -0.2) is 33.7 Å². The van der Waals surface area contributed by atoms with Crippen molar-refractivity contribution >= 4 is 79.3 Å². The molecule has 0 radical (unpaired) electrons. The number of hydrogen-bond acceptors (Lipinski definition) is 12. The molecule has 22 heteroatoms. The molecular formula is H4CaFeO16S4. The Kier molecular flexibility index (Phi) is 27.7. The van der Waals surface area contributed by atoms with Gasteiger partial charge in [0.05, 0.1) is 0 Å². The molecule has 16 nitrogen and oxygen atoms in total. The Morgan fingerprint density at radius 2 is 0.455 bits per heavy atom.